The van der Waals surface area contributed by atoms with Crippen LogP contribution in [0.4, 0.5) is 6.01 Å². The Hall–Kier alpha value is -1.43. The Morgan fingerprint density at radius 3 is 2.79 bits per heavy atom. The number of carbonyl (C=O) groups is 1. The third-order valence-corrected chi connectivity index (χ3v) is 4.15. The predicted molar refractivity (Wildman–Crippen MR) is 69.4 cm³/mol. The largest absolute Gasteiger partial charge is 0.408 e. The molecule has 0 saturated heterocycles. The maximum Gasteiger partial charge on any atom is 0.322 e. The van der Waals surface area contributed by atoms with Gasteiger partial charge in [0.25, 0.3) is 0 Å². The van der Waals surface area contributed by atoms with Crippen LogP contribution in [0.25, 0.3) is 0 Å². The highest BCUT2D eigenvalue weighted by Crippen LogP contribution is 2.39. The summed E-state index contributed by atoms with van der Waals surface area (Å²) in [6.45, 7) is 0.565. The molecule has 1 aromatic heterocycles. The Balaban J connectivity index is 1.62. The van der Waals surface area contributed by atoms with Crippen LogP contribution in [-0.2, 0) is 4.79 Å². The number of hydrogen-bond donors (Lipinski definition) is 2. The topological polar surface area (TPSA) is 94.0 Å². The van der Waals surface area contributed by atoms with Gasteiger partial charge < -0.3 is 10.2 Å². The third-order valence-electron chi connectivity index (χ3n) is 4.15. The van der Waals surface area contributed by atoms with Crippen LogP contribution >= 0.6 is 0 Å². The summed E-state index contributed by atoms with van der Waals surface area (Å²) in [5, 5.41) is 10.6. The minimum absolute atomic E-state index is 0.0185. The van der Waals surface area contributed by atoms with E-state index < -0.39 is 0 Å². The highest BCUT2D eigenvalue weighted by atomic mass is 16.4. The van der Waals surface area contributed by atoms with Gasteiger partial charge in [-0.1, -0.05) is 17.9 Å². The first kappa shape index (κ1) is 12.6. The van der Waals surface area contributed by atoms with E-state index in [2.05, 4.69) is 15.5 Å². The zero-order valence-corrected chi connectivity index (χ0v) is 11.0. The van der Waals surface area contributed by atoms with E-state index in [4.69, 9.17) is 10.2 Å². The molecule has 2 saturated carbocycles. The molecule has 3 rings (SSSR count). The molecule has 0 aliphatic heterocycles. The summed E-state index contributed by atoms with van der Waals surface area (Å²) in [6, 6.07) is 0.230. The average Bonchev–Trinajstić information content (AvgIpc) is 3.19. The van der Waals surface area contributed by atoms with Crippen molar-refractivity contribution in [2.45, 2.75) is 44.4 Å². The number of amides is 1. The van der Waals surface area contributed by atoms with E-state index in [1.165, 1.54) is 0 Å². The van der Waals surface area contributed by atoms with Crippen molar-refractivity contribution < 1.29 is 9.21 Å². The molecule has 1 aromatic rings. The van der Waals surface area contributed by atoms with Gasteiger partial charge in [-0.2, -0.15) is 0 Å². The number of rotatable bonds is 4. The summed E-state index contributed by atoms with van der Waals surface area (Å²) in [7, 11) is 0. The minimum Gasteiger partial charge on any atom is -0.408 e. The lowest BCUT2D eigenvalue weighted by molar-refractivity contribution is -0.122. The molecule has 2 aliphatic rings. The normalized spacial score (nSPS) is 27.2. The van der Waals surface area contributed by atoms with Gasteiger partial charge in [0.2, 0.25) is 11.8 Å². The number of anilines is 1. The fraction of sp³-hybridized carbons (Fsp3) is 0.769. The molecule has 2 atom stereocenters. The molecule has 2 fully saturated rings. The minimum atomic E-state index is -0.0267. The van der Waals surface area contributed by atoms with Crippen LogP contribution in [0.1, 0.15) is 50.3 Å². The first-order chi connectivity index (χ1) is 9.28. The fourth-order valence-electron chi connectivity index (χ4n) is 2.81. The first-order valence-corrected chi connectivity index (χ1v) is 7.12. The predicted octanol–water partition coefficient (Wildman–Crippen LogP) is 1.65. The molecule has 3 N–H and O–H groups in total. The molecule has 0 radical (unpaired) electrons. The summed E-state index contributed by atoms with van der Waals surface area (Å²) in [5.74, 6) is 1.29. The van der Waals surface area contributed by atoms with Crippen molar-refractivity contribution in [2.24, 2.45) is 17.6 Å². The quantitative estimate of drug-likeness (QED) is 0.862. The van der Waals surface area contributed by atoms with E-state index in [1.807, 2.05) is 0 Å². The van der Waals surface area contributed by atoms with Crippen molar-refractivity contribution in [3.8, 4) is 0 Å². The van der Waals surface area contributed by atoms with Crippen molar-refractivity contribution in [3.63, 3.8) is 0 Å². The molecule has 6 heteroatoms. The van der Waals surface area contributed by atoms with Gasteiger partial charge in [0.1, 0.15) is 0 Å². The summed E-state index contributed by atoms with van der Waals surface area (Å²) >= 11 is 0. The van der Waals surface area contributed by atoms with Gasteiger partial charge in [-0.05, 0) is 38.1 Å². The van der Waals surface area contributed by atoms with E-state index in [1.54, 1.807) is 0 Å². The molecule has 0 spiro atoms. The maximum absolute atomic E-state index is 12.2. The van der Waals surface area contributed by atoms with Gasteiger partial charge in [-0.3, -0.25) is 10.1 Å². The average molecular weight is 264 g/mol. The highest BCUT2D eigenvalue weighted by Gasteiger charge is 2.32. The Kier molecular flexibility index (Phi) is 3.50. The maximum atomic E-state index is 12.2. The van der Waals surface area contributed by atoms with Crippen LogP contribution in [0.3, 0.4) is 0 Å². The van der Waals surface area contributed by atoms with Crippen LogP contribution in [0.15, 0.2) is 4.42 Å². The van der Waals surface area contributed by atoms with Gasteiger partial charge in [0.15, 0.2) is 0 Å². The number of carbonyl (C=O) groups excluding carboxylic acids is 1. The molecule has 2 aliphatic carbocycles. The summed E-state index contributed by atoms with van der Waals surface area (Å²) in [6.07, 6.45) is 6.40. The fourth-order valence-corrected chi connectivity index (χ4v) is 2.81. The molecule has 104 valence electrons. The Morgan fingerprint density at radius 1 is 1.26 bits per heavy atom. The number of hydrogen-bond acceptors (Lipinski definition) is 5. The second kappa shape index (κ2) is 5.28. The van der Waals surface area contributed by atoms with E-state index in [-0.39, 0.29) is 23.8 Å². The van der Waals surface area contributed by atoms with Gasteiger partial charge in [-0.15, -0.1) is 5.10 Å². The zero-order chi connectivity index (χ0) is 13.2. The lowest BCUT2D eigenvalue weighted by Crippen LogP contribution is -2.35. The summed E-state index contributed by atoms with van der Waals surface area (Å²) < 4.78 is 5.45. The second-order valence-corrected chi connectivity index (χ2v) is 5.60. The number of nitrogens with zero attached hydrogens (tertiary/aromatic N) is 2. The SMILES string of the molecule is NCC1CCCCC1C(=O)Nc1nnc(C2CC2)o1. The summed E-state index contributed by atoms with van der Waals surface area (Å²) in [5.41, 5.74) is 5.75. The van der Waals surface area contributed by atoms with Crippen molar-refractivity contribution in [1.82, 2.24) is 10.2 Å². The van der Waals surface area contributed by atoms with Crippen LogP contribution in [-0.4, -0.2) is 22.6 Å². The second-order valence-electron chi connectivity index (χ2n) is 5.60. The van der Waals surface area contributed by atoms with Gasteiger partial charge in [0, 0.05) is 11.8 Å². The smallest absolute Gasteiger partial charge is 0.322 e. The van der Waals surface area contributed by atoms with E-state index in [9.17, 15) is 4.79 Å². The number of nitrogens with two attached hydrogens (primary N) is 1. The van der Waals surface area contributed by atoms with Crippen molar-refractivity contribution in [2.75, 3.05) is 11.9 Å². The molecule has 6 nitrogen and oxygen atoms in total. The molecule has 19 heavy (non-hydrogen) atoms. The number of aromatic nitrogens is 2. The molecular formula is C13H20N4O2. The monoisotopic (exact) mass is 264 g/mol. The molecule has 1 heterocycles. The molecule has 0 aromatic carbocycles. The standard InChI is InChI=1S/C13H20N4O2/c14-7-9-3-1-2-4-10(9)11(18)15-13-17-16-12(19-13)8-5-6-8/h8-10H,1-7,14H2,(H,15,17,18). The van der Waals surface area contributed by atoms with Crippen LogP contribution in [0.5, 0.6) is 0 Å². The van der Waals surface area contributed by atoms with Crippen LogP contribution < -0.4 is 11.1 Å². The van der Waals surface area contributed by atoms with Crippen molar-refractivity contribution >= 4 is 11.9 Å². The zero-order valence-electron chi connectivity index (χ0n) is 11.0. The lowest BCUT2D eigenvalue weighted by Gasteiger charge is -2.28. The number of nitrogens with one attached hydrogen (secondary N) is 1. The molecular weight excluding hydrogens is 244 g/mol. The van der Waals surface area contributed by atoms with Crippen LogP contribution in [0.2, 0.25) is 0 Å². The molecule has 2 unspecified atom stereocenters. The van der Waals surface area contributed by atoms with E-state index in [0.717, 1.165) is 38.5 Å². The third kappa shape index (κ3) is 2.78. The van der Waals surface area contributed by atoms with Gasteiger partial charge in [-0.25, -0.2) is 0 Å². The van der Waals surface area contributed by atoms with Gasteiger partial charge in [0.05, 0.1) is 0 Å². The first-order valence-electron chi connectivity index (χ1n) is 7.12. The molecule has 0 bridgehead atoms. The lowest BCUT2D eigenvalue weighted by atomic mass is 9.79. The van der Waals surface area contributed by atoms with E-state index in [0.29, 0.717) is 18.4 Å². The Bertz CT molecular complexity index is 455. The molecule has 1 amide bonds. The highest BCUT2D eigenvalue weighted by molar-refractivity contribution is 5.90. The van der Waals surface area contributed by atoms with Crippen LogP contribution in [0, 0.1) is 11.8 Å². The summed E-state index contributed by atoms with van der Waals surface area (Å²) in [4.78, 5) is 12.2. The van der Waals surface area contributed by atoms with Gasteiger partial charge >= 0.3 is 6.01 Å². The Labute approximate surface area is 112 Å². The Morgan fingerprint density at radius 2 is 2.05 bits per heavy atom. The van der Waals surface area contributed by atoms with Crippen molar-refractivity contribution in [1.29, 1.82) is 0 Å². The van der Waals surface area contributed by atoms with E-state index >= 15 is 0 Å². The van der Waals surface area contributed by atoms with Crippen molar-refractivity contribution in [3.05, 3.63) is 5.89 Å².